The fourth-order valence-electron chi connectivity index (χ4n) is 3.83. The molecule has 156 valence electrons. The normalized spacial score (nSPS) is 23.1. The van der Waals surface area contributed by atoms with Crippen molar-refractivity contribution in [2.24, 2.45) is 11.8 Å². The summed E-state index contributed by atoms with van der Waals surface area (Å²) in [5.41, 5.74) is 0.546. The Labute approximate surface area is 171 Å². The van der Waals surface area contributed by atoms with Gasteiger partial charge in [-0.25, -0.2) is 4.39 Å². The van der Waals surface area contributed by atoms with Gasteiger partial charge >= 0.3 is 0 Å². The first-order valence-electron chi connectivity index (χ1n) is 9.79. The number of halogens is 2. The first-order chi connectivity index (χ1) is 13.4. The molecule has 0 bridgehead atoms. The molecule has 1 aliphatic carbocycles. The van der Waals surface area contributed by atoms with Gasteiger partial charge in [-0.05, 0) is 36.0 Å². The van der Waals surface area contributed by atoms with E-state index in [4.69, 9.17) is 16.3 Å². The third-order valence-corrected chi connectivity index (χ3v) is 5.98. The number of nitrogens with zero attached hydrogens (tertiary/aromatic N) is 1. The smallest absolute Gasteiger partial charge is 0.247 e. The minimum Gasteiger partial charge on any atom is -0.383 e. The van der Waals surface area contributed by atoms with Gasteiger partial charge in [0.2, 0.25) is 11.8 Å². The number of carbonyl (C=O) groups excluding carboxylic acids is 2. The van der Waals surface area contributed by atoms with Crippen molar-refractivity contribution in [2.75, 3.05) is 26.1 Å². The third kappa shape index (κ3) is 5.67. The molecule has 0 unspecified atom stereocenters. The molecule has 0 spiro atoms. The maximum atomic E-state index is 13.4. The molecule has 28 heavy (non-hydrogen) atoms. The lowest BCUT2D eigenvalue weighted by atomic mass is 9.78. The number of hydrogen-bond donors (Lipinski definition) is 1. The maximum Gasteiger partial charge on any atom is 0.247 e. The highest BCUT2D eigenvalue weighted by atomic mass is 35.5. The zero-order valence-electron chi connectivity index (χ0n) is 16.8. The summed E-state index contributed by atoms with van der Waals surface area (Å²) in [6, 6.07) is 4.82. The summed E-state index contributed by atoms with van der Waals surface area (Å²) in [4.78, 5) is 27.2. The Morgan fingerprint density at radius 1 is 1.29 bits per heavy atom. The van der Waals surface area contributed by atoms with E-state index in [1.807, 2.05) is 0 Å². The van der Waals surface area contributed by atoms with E-state index in [2.05, 4.69) is 19.2 Å². The lowest BCUT2D eigenvalue weighted by Gasteiger charge is -2.37. The second kappa shape index (κ2) is 10.8. The van der Waals surface area contributed by atoms with Crippen LogP contribution in [0.25, 0.3) is 0 Å². The summed E-state index contributed by atoms with van der Waals surface area (Å²) in [7, 11) is 1.53. The molecule has 7 heteroatoms. The lowest BCUT2D eigenvalue weighted by Crippen LogP contribution is -2.50. The molecule has 4 atom stereocenters. The Balaban J connectivity index is 2.31. The SMILES string of the molecule is COCCN(C(=O)CCl)[C@H](C(=O)N[C@@H]1CCC[C@H](C)[C@H]1C)c1ccc(F)cc1. The predicted octanol–water partition coefficient (Wildman–Crippen LogP) is 3.52. The second-order valence-corrected chi connectivity index (χ2v) is 7.82. The van der Waals surface area contributed by atoms with Gasteiger partial charge in [-0.3, -0.25) is 9.59 Å². The van der Waals surface area contributed by atoms with Gasteiger partial charge < -0.3 is 15.0 Å². The van der Waals surface area contributed by atoms with Crippen LogP contribution < -0.4 is 5.32 Å². The number of amides is 2. The van der Waals surface area contributed by atoms with Gasteiger partial charge in [0, 0.05) is 19.7 Å². The molecule has 1 fully saturated rings. The van der Waals surface area contributed by atoms with Gasteiger partial charge in [-0.2, -0.15) is 0 Å². The number of carbonyl (C=O) groups is 2. The molecule has 2 rings (SSSR count). The van der Waals surface area contributed by atoms with Gasteiger partial charge in [0.25, 0.3) is 0 Å². The molecule has 0 aliphatic heterocycles. The van der Waals surface area contributed by atoms with Gasteiger partial charge in [-0.1, -0.05) is 38.8 Å². The number of alkyl halides is 1. The fraction of sp³-hybridized carbons (Fsp3) is 0.619. The van der Waals surface area contributed by atoms with Crippen LogP contribution >= 0.6 is 11.6 Å². The summed E-state index contributed by atoms with van der Waals surface area (Å²) in [5, 5.41) is 3.14. The highest BCUT2D eigenvalue weighted by molar-refractivity contribution is 6.27. The van der Waals surface area contributed by atoms with E-state index in [-0.39, 0.29) is 36.9 Å². The second-order valence-electron chi connectivity index (χ2n) is 7.55. The van der Waals surface area contributed by atoms with Crippen molar-refractivity contribution in [1.29, 1.82) is 0 Å². The van der Waals surface area contributed by atoms with Crippen LogP contribution in [0.2, 0.25) is 0 Å². The number of nitrogens with one attached hydrogen (secondary N) is 1. The molecule has 1 aliphatic rings. The molecule has 1 N–H and O–H groups in total. The van der Waals surface area contributed by atoms with Crippen molar-refractivity contribution < 1.29 is 18.7 Å². The van der Waals surface area contributed by atoms with Crippen molar-refractivity contribution in [3.63, 3.8) is 0 Å². The van der Waals surface area contributed by atoms with Crippen LogP contribution in [-0.4, -0.2) is 48.9 Å². The molecule has 5 nitrogen and oxygen atoms in total. The Bertz CT molecular complexity index is 656. The molecular formula is C21H30ClFN2O3. The standard InChI is InChI=1S/C21H30ClFN2O3/c1-14-5-4-6-18(15(14)2)24-21(27)20(16-7-9-17(23)10-8-16)25(11-12-28-3)19(26)13-22/h7-10,14-15,18,20H,4-6,11-13H2,1-3H3,(H,24,27)/t14-,15+,18+,20-/m0/s1. The molecule has 0 heterocycles. The van der Waals surface area contributed by atoms with E-state index < -0.39 is 11.9 Å². The van der Waals surface area contributed by atoms with Gasteiger partial charge in [0.15, 0.2) is 0 Å². The lowest BCUT2D eigenvalue weighted by molar-refractivity contribution is -0.140. The third-order valence-electron chi connectivity index (χ3n) is 5.75. The molecule has 2 amide bonds. The summed E-state index contributed by atoms with van der Waals surface area (Å²) in [5.74, 6) is -0.406. The van der Waals surface area contributed by atoms with Crippen LogP contribution in [0.5, 0.6) is 0 Å². The summed E-state index contributed by atoms with van der Waals surface area (Å²) >= 11 is 5.80. The van der Waals surface area contributed by atoms with Crippen LogP contribution in [0.4, 0.5) is 4.39 Å². The summed E-state index contributed by atoms with van der Waals surface area (Å²) in [6.45, 7) is 4.83. The Hall–Kier alpha value is -1.66. The van der Waals surface area contributed by atoms with Crippen LogP contribution in [0, 0.1) is 17.7 Å². The first-order valence-corrected chi connectivity index (χ1v) is 10.3. The molecule has 0 aromatic heterocycles. The average molecular weight is 413 g/mol. The van der Waals surface area contributed by atoms with Crippen molar-refractivity contribution in [1.82, 2.24) is 10.2 Å². The Morgan fingerprint density at radius 2 is 1.96 bits per heavy atom. The number of methoxy groups -OCH3 is 1. The van der Waals surface area contributed by atoms with Crippen LogP contribution in [0.3, 0.4) is 0 Å². The zero-order chi connectivity index (χ0) is 20.7. The Kier molecular flexibility index (Phi) is 8.70. The van der Waals surface area contributed by atoms with E-state index in [9.17, 15) is 14.0 Å². The van der Waals surface area contributed by atoms with Crippen LogP contribution in [-0.2, 0) is 14.3 Å². The quantitative estimate of drug-likeness (QED) is 0.664. The van der Waals surface area contributed by atoms with E-state index in [1.54, 1.807) is 0 Å². The van der Waals surface area contributed by atoms with E-state index >= 15 is 0 Å². The minimum atomic E-state index is -0.883. The first kappa shape index (κ1) is 22.6. The molecule has 1 aromatic rings. The molecule has 0 radical (unpaired) electrons. The van der Waals surface area contributed by atoms with Crippen LogP contribution in [0.1, 0.15) is 44.7 Å². The van der Waals surface area contributed by atoms with Crippen molar-refractivity contribution >= 4 is 23.4 Å². The molecule has 1 aromatic carbocycles. The Morgan fingerprint density at radius 3 is 2.57 bits per heavy atom. The van der Waals surface area contributed by atoms with E-state index in [1.165, 1.54) is 36.3 Å². The van der Waals surface area contributed by atoms with Gasteiger partial charge in [0.05, 0.1) is 6.61 Å². The number of benzene rings is 1. The largest absolute Gasteiger partial charge is 0.383 e. The van der Waals surface area contributed by atoms with Crippen molar-refractivity contribution in [3.8, 4) is 0 Å². The topological polar surface area (TPSA) is 58.6 Å². The van der Waals surface area contributed by atoms with E-state index in [0.29, 0.717) is 17.4 Å². The van der Waals surface area contributed by atoms with Gasteiger partial charge in [0.1, 0.15) is 17.7 Å². The monoisotopic (exact) mass is 412 g/mol. The van der Waals surface area contributed by atoms with E-state index in [0.717, 1.165) is 19.3 Å². The molecular weight excluding hydrogens is 383 g/mol. The number of ether oxygens (including phenoxy) is 1. The van der Waals surface area contributed by atoms with Crippen molar-refractivity contribution in [3.05, 3.63) is 35.6 Å². The van der Waals surface area contributed by atoms with Gasteiger partial charge in [-0.15, -0.1) is 11.6 Å². The zero-order valence-corrected chi connectivity index (χ0v) is 17.5. The predicted molar refractivity (Wildman–Crippen MR) is 108 cm³/mol. The highest BCUT2D eigenvalue weighted by Crippen LogP contribution is 2.30. The fourth-order valence-corrected chi connectivity index (χ4v) is 3.98. The van der Waals surface area contributed by atoms with Crippen LogP contribution in [0.15, 0.2) is 24.3 Å². The number of hydrogen-bond acceptors (Lipinski definition) is 3. The summed E-state index contributed by atoms with van der Waals surface area (Å²) in [6.07, 6.45) is 3.13. The summed E-state index contributed by atoms with van der Waals surface area (Å²) < 4.78 is 18.5. The minimum absolute atomic E-state index is 0.0505. The average Bonchev–Trinajstić information content (AvgIpc) is 2.69. The van der Waals surface area contributed by atoms with Crippen molar-refractivity contribution in [2.45, 2.75) is 45.2 Å². The highest BCUT2D eigenvalue weighted by Gasteiger charge is 2.34. The number of rotatable bonds is 8. The maximum absolute atomic E-state index is 13.4. The molecule has 0 saturated heterocycles. The molecule has 1 saturated carbocycles.